The van der Waals surface area contributed by atoms with Crippen LogP contribution in [0.15, 0.2) is 78.9 Å². The molecule has 0 fully saturated rings. The summed E-state index contributed by atoms with van der Waals surface area (Å²) in [5.74, 6) is 1.56. The van der Waals surface area contributed by atoms with Crippen molar-refractivity contribution >= 4 is 78.7 Å². The Balaban J connectivity index is 0.00000511. The average molecular weight is 912 g/mol. The molecule has 6 nitrogen and oxygen atoms in total. The van der Waals surface area contributed by atoms with Crippen molar-refractivity contribution in [3.05, 3.63) is 152 Å². The van der Waals surface area contributed by atoms with Crippen molar-refractivity contribution < 1.29 is 29.0 Å². The molecular weight excluding hydrogens is 862 g/mol. The van der Waals surface area contributed by atoms with E-state index in [2.05, 4.69) is 159 Å². The second-order valence-corrected chi connectivity index (χ2v) is 18.3. The van der Waals surface area contributed by atoms with Crippen LogP contribution in [-0.2, 0) is 19.5 Å². The quantitative estimate of drug-likeness (QED) is 0.160. The van der Waals surface area contributed by atoms with E-state index in [1.165, 1.54) is 50.1 Å². The van der Waals surface area contributed by atoms with Crippen LogP contribution in [0.25, 0.3) is 112 Å². The summed E-state index contributed by atoms with van der Waals surface area (Å²) < 4.78 is 12.2. The maximum Gasteiger partial charge on any atom is 2.00 e. The second-order valence-electron chi connectivity index (χ2n) is 18.3. The van der Waals surface area contributed by atoms with Gasteiger partial charge < -0.3 is 19.4 Å². The molecule has 6 aromatic carbocycles. The van der Waals surface area contributed by atoms with Crippen LogP contribution >= 0.6 is 0 Å². The van der Waals surface area contributed by atoms with E-state index in [1.54, 1.807) is 14.2 Å². The number of aromatic nitrogens is 4. The number of fused-ring (bicyclic) bond motifs is 10. The van der Waals surface area contributed by atoms with Gasteiger partial charge in [-0.15, -0.1) is 22.1 Å². The number of rotatable bonds is 5. The molecular formula is C59H50N4O2Zn. The molecule has 5 heterocycles. The van der Waals surface area contributed by atoms with E-state index >= 15 is 0 Å². The predicted octanol–water partition coefficient (Wildman–Crippen LogP) is 14.6. The van der Waals surface area contributed by atoms with Gasteiger partial charge in [0.15, 0.2) is 0 Å². The average Bonchev–Trinajstić information content (AvgIpc) is 4.10. The topological polar surface area (TPSA) is 72.4 Å². The number of nitrogens with zero attached hydrogens (tertiary/aromatic N) is 4. The summed E-state index contributed by atoms with van der Waals surface area (Å²) in [6.45, 7) is 19.7. The van der Waals surface area contributed by atoms with Crippen molar-refractivity contribution in [2.75, 3.05) is 14.2 Å². The SMILES string of the molecule is COc1ccc2c3c4nc(c(-c5c(C)cc(C)cc5C)c5ccc([n-]5)c(-c5c(C)cc(C)cc5C)c5nc(c(-c6c(C)cc(C)cc6C)c6cc(c3[n-]6)c3c(OC)ccc1c23)C=C5)C=C4.[Zn+2]. The standard InChI is InChI=1S/C59H50N4O2.Zn/c1-29-22-32(4)50(33(5)23-29)56-42-15-14-41(60-42)54-39-13-20-48(64-10)38-12-21-49(65-11)55(53(38)39)40-28-47(63-59(40)54)58(52-36(8)26-31(3)27-37(52)9)46-19-18-45(62-46)57(44-17-16-43(56)61-44)51-34(6)24-30(2)25-35(51)7;/h12-28H,1-11H3;/q-2;+2. The van der Waals surface area contributed by atoms with E-state index in [1.807, 2.05) is 6.07 Å². The zero-order valence-electron chi connectivity index (χ0n) is 39.6. The van der Waals surface area contributed by atoms with Crippen LogP contribution in [-0.4, -0.2) is 24.2 Å². The van der Waals surface area contributed by atoms with Crippen LogP contribution in [0.2, 0.25) is 0 Å². The molecule has 0 unspecified atom stereocenters. The van der Waals surface area contributed by atoms with Gasteiger partial charge in [-0.1, -0.05) is 71.3 Å². The molecule has 66 heavy (non-hydrogen) atoms. The van der Waals surface area contributed by atoms with Gasteiger partial charge in [0.25, 0.3) is 0 Å². The molecule has 0 saturated heterocycles. The first kappa shape index (κ1) is 43.1. The third-order valence-corrected chi connectivity index (χ3v) is 13.6. The van der Waals surface area contributed by atoms with Crippen molar-refractivity contribution in [1.82, 2.24) is 19.9 Å². The Morgan fingerprint density at radius 2 is 0.773 bits per heavy atom. The summed E-state index contributed by atoms with van der Waals surface area (Å²) >= 11 is 0. The maximum atomic E-state index is 6.22. The summed E-state index contributed by atoms with van der Waals surface area (Å²) in [6.07, 6.45) is 8.66. The Morgan fingerprint density at radius 3 is 1.24 bits per heavy atom. The van der Waals surface area contributed by atoms with Gasteiger partial charge in [-0.25, -0.2) is 9.97 Å². The second kappa shape index (κ2) is 16.0. The van der Waals surface area contributed by atoms with Gasteiger partial charge in [-0.2, -0.15) is 0 Å². The van der Waals surface area contributed by atoms with E-state index in [0.29, 0.717) is 0 Å². The van der Waals surface area contributed by atoms with Crippen LogP contribution in [0.1, 0.15) is 72.8 Å². The molecule has 0 atom stereocenters. The van der Waals surface area contributed by atoms with Crippen molar-refractivity contribution in [2.45, 2.75) is 62.3 Å². The summed E-state index contributed by atoms with van der Waals surface area (Å²) in [7, 11) is 3.47. The minimum Gasteiger partial charge on any atom is -0.657 e. The van der Waals surface area contributed by atoms with Gasteiger partial charge in [0.05, 0.1) is 37.0 Å². The van der Waals surface area contributed by atoms with Gasteiger partial charge in [0.1, 0.15) is 11.5 Å². The van der Waals surface area contributed by atoms with Gasteiger partial charge >= 0.3 is 19.5 Å². The molecule has 0 saturated carbocycles. The fourth-order valence-corrected chi connectivity index (χ4v) is 11.3. The Hall–Kier alpha value is -6.82. The minimum atomic E-state index is 0. The molecule has 2 aliphatic heterocycles. The summed E-state index contributed by atoms with van der Waals surface area (Å²) in [4.78, 5) is 22.7. The normalized spacial score (nSPS) is 12.2. The molecule has 0 amide bonds. The van der Waals surface area contributed by atoms with E-state index in [0.717, 1.165) is 122 Å². The predicted molar refractivity (Wildman–Crippen MR) is 273 cm³/mol. The van der Waals surface area contributed by atoms with Gasteiger partial charge in [0, 0.05) is 16.2 Å². The van der Waals surface area contributed by atoms with Crippen molar-refractivity contribution in [3.63, 3.8) is 0 Å². The molecule has 0 N–H and O–H groups in total. The molecule has 7 heteroatoms. The monoisotopic (exact) mass is 910 g/mol. The van der Waals surface area contributed by atoms with Crippen LogP contribution in [0.3, 0.4) is 0 Å². The number of ether oxygens (including phenoxy) is 2. The molecule has 320 valence electrons. The number of hydrogen-bond donors (Lipinski definition) is 0. The number of benzene rings is 6. The Morgan fingerprint density at radius 1 is 0.364 bits per heavy atom. The minimum absolute atomic E-state index is 0. The van der Waals surface area contributed by atoms with Gasteiger partial charge in [-0.05, 0) is 194 Å². The van der Waals surface area contributed by atoms with Gasteiger partial charge in [0.2, 0.25) is 0 Å². The fraction of sp³-hybridized carbons (Fsp3) is 0.186. The first-order valence-corrected chi connectivity index (χ1v) is 22.4. The molecule has 8 bridgehead atoms. The maximum absolute atomic E-state index is 6.22. The van der Waals surface area contributed by atoms with E-state index in [9.17, 15) is 0 Å². The van der Waals surface area contributed by atoms with Crippen molar-refractivity contribution in [3.8, 4) is 44.9 Å². The van der Waals surface area contributed by atoms with Crippen molar-refractivity contribution in [2.24, 2.45) is 0 Å². The van der Waals surface area contributed by atoms with Gasteiger partial charge in [-0.3, -0.25) is 0 Å². The summed E-state index contributed by atoms with van der Waals surface area (Å²) in [5, 5.41) is 5.99. The van der Waals surface area contributed by atoms with Crippen LogP contribution in [0, 0.1) is 62.3 Å². The van der Waals surface area contributed by atoms with E-state index in [-0.39, 0.29) is 19.5 Å². The van der Waals surface area contributed by atoms with Crippen molar-refractivity contribution in [1.29, 1.82) is 0 Å². The molecule has 0 radical (unpaired) electrons. The zero-order chi connectivity index (χ0) is 45.2. The molecule has 0 spiro atoms. The molecule has 2 aliphatic rings. The smallest absolute Gasteiger partial charge is 0.657 e. The molecule has 11 rings (SSSR count). The summed E-state index contributed by atoms with van der Waals surface area (Å²) in [5.41, 5.74) is 23.9. The molecule has 0 aliphatic carbocycles. The number of aryl methyl sites for hydroxylation is 9. The van der Waals surface area contributed by atoms with E-state index < -0.39 is 0 Å². The first-order valence-electron chi connectivity index (χ1n) is 22.4. The largest absolute Gasteiger partial charge is 2.00 e. The summed E-state index contributed by atoms with van der Waals surface area (Å²) in [6, 6.07) is 28.5. The zero-order valence-corrected chi connectivity index (χ0v) is 42.6. The third kappa shape index (κ3) is 6.54. The number of hydrogen-bond acceptors (Lipinski definition) is 4. The Kier molecular flexibility index (Phi) is 10.4. The molecule has 3 aromatic heterocycles. The Bertz CT molecular complexity index is 3720. The third-order valence-electron chi connectivity index (χ3n) is 13.6. The Labute approximate surface area is 398 Å². The van der Waals surface area contributed by atoms with Crippen LogP contribution in [0.5, 0.6) is 11.5 Å². The molecule has 9 aromatic rings. The fourth-order valence-electron chi connectivity index (χ4n) is 11.3. The van der Waals surface area contributed by atoms with Crippen LogP contribution < -0.4 is 19.4 Å². The van der Waals surface area contributed by atoms with Crippen LogP contribution in [0.4, 0.5) is 0 Å². The first-order chi connectivity index (χ1) is 31.3. The van der Waals surface area contributed by atoms with E-state index in [4.69, 9.17) is 29.4 Å². The number of methoxy groups -OCH3 is 2.